The van der Waals surface area contributed by atoms with Crippen LogP contribution in [0, 0.1) is 6.92 Å². The van der Waals surface area contributed by atoms with Crippen LogP contribution in [0.5, 0.6) is 0 Å². The first kappa shape index (κ1) is 13.3. The first-order chi connectivity index (χ1) is 6.81. The van der Waals surface area contributed by atoms with Gasteiger partial charge in [0, 0.05) is 18.1 Å². The van der Waals surface area contributed by atoms with Gasteiger partial charge in [-0.3, -0.25) is 0 Å². The Morgan fingerprint density at radius 2 is 1.93 bits per heavy atom. The Labute approximate surface area is 138 Å². The molecule has 0 saturated heterocycles. The summed E-state index contributed by atoms with van der Waals surface area (Å²) in [6, 6.07) is 8.19. The molecular formula is C11H12N3Rb. The summed E-state index contributed by atoms with van der Waals surface area (Å²) in [5.41, 5.74) is 9.61. The number of benzene rings is 1. The van der Waals surface area contributed by atoms with Crippen LogP contribution in [-0.2, 0) is 6.54 Å². The van der Waals surface area contributed by atoms with Crippen LogP contribution in [0.4, 0.5) is 0 Å². The molecule has 0 atom stereocenters. The molecule has 0 fully saturated rings. The molecule has 0 aliphatic rings. The van der Waals surface area contributed by atoms with Gasteiger partial charge in [-0.2, -0.15) is 0 Å². The van der Waals surface area contributed by atoms with Crippen molar-refractivity contribution in [3.8, 4) is 5.69 Å². The molecular weight excluding hydrogens is 260 g/mol. The van der Waals surface area contributed by atoms with E-state index in [-0.39, 0.29) is 64.7 Å². The third-order valence-corrected chi connectivity index (χ3v) is 2.19. The summed E-state index contributed by atoms with van der Waals surface area (Å²) in [4.78, 5) is 4.11. The van der Waals surface area contributed by atoms with E-state index in [1.165, 1.54) is 5.56 Å². The van der Waals surface area contributed by atoms with Gasteiger partial charge in [0.05, 0.1) is 5.82 Å². The standard InChI is InChI=1S/C11H12N3.Rb/c1-9-2-4-10(5-3-9)14-7-6-13-11(14)8-12;/h2-7,12H,8H2,1H3;/q-1;+1. The quantitative estimate of drug-likeness (QED) is 0.742. The van der Waals surface area contributed by atoms with Crippen LogP contribution in [0.1, 0.15) is 11.4 Å². The second kappa shape index (κ2) is 6.06. The fraction of sp³-hybridized carbons (Fsp3) is 0.182. The van der Waals surface area contributed by atoms with Gasteiger partial charge < -0.3 is 10.3 Å². The van der Waals surface area contributed by atoms with Crippen molar-refractivity contribution >= 4 is 0 Å². The zero-order valence-electron chi connectivity index (χ0n) is 9.07. The van der Waals surface area contributed by atoms with Crippen LogP contribution in [0.15, 0.2) is 36.7 Å². The Kier molecular flexibility index (Phi) is 5.36. The number of hydrogen-bond acceptors (Lipinski definition) is 1. The fourth-order valence-corrected chi connectivity index (χ4v) is 1.41. The maximum absolute atomic E-state index is 7.31. The van der Waals surface area contributed by atoms with Crippen LogP contribution in [0.25, 0.3) is 11.4 Å². The molecule has 0 saturated carbocycles. The largest absolute Gasteiger partial charge is 1.00 e. The van der Waals surface area contributed by atoms with Gasteiger partial charge in [-0.15, -0.1) is 0 Å². The predicted octanol–water partition coefficient (Wildman–Crippen LogP) is -0.263. The van der Waals surface area contributed by atoms with Crippen molar-refractivity contribution in [1.82, 2.24) is 9.55 Å². The van der Waals surface area contributed by atoms with Crippen molar-refractivity contribution in [2.45, 2.75) is 13.5 Å². The summed E-state index contributed by atoms with van der Waals surface area (Å²) in [6.45, 7) is 2.27. The van der Waals surface area contributed by atoms with Crippen LogP contribution in [0.2, 0.25) is 0 Å². The van der Waals surface area contributed by atoms with E-state index >= 15 is 0 Å². The average molecular weight is 272 g/mol. The Bertz CT molecular complexity index is 420. The zero-order valence-corrected chi connectivity index (χ0v) is 14.0. The van der Waals surface area contributed by atoms with Crippen molar-refractivity contribution < 1.29 is 58.2 Å². The predicted molar refractivity (Wildman–Crippen MR) is 56.3 cm³/mol. The first-order valence-corrected chi connectivity index (χ1v) is 4.55. The normalized spacial score (nSPS) is 9.73. The SMILES string of the molecule is Cc1ccc(-n2ccnc2C[NH-])cc1.[Rb+]. The average Bonchev–Trinajstić information content (AvgIpc) is 2.67. The van der Waals surface area contributed by atoms with Crippen molar-refractivity contribution in [1.29, 1.82) is 0 Å². The van der Waals surface area contributed by atoms with Gasteiger partial charge in [0.2, 0.25) is 0 Å². The molecule has 0 amide bonds. The summed E-state index contributed by atoms with van der Waals surface area (Å²) in [5, 5.41) is 0. The molecule has 2 aromatic rings. The molecule has 3 nitrogen and oxygen atoms in total. The van der Waals surface area contributed by atoms with E-state index in [2.05, 4.69) is 24.0 Å². The Morgan fingerprint density at radius 3 is 2.53 bits per heavy atom. The molecule has 1 heterocycles. The van der Waals surface area contributed by atoms with Gasteiger partial charge in [0.1, 0.15) is 0 Å². The smallest absolute Gasteiger partial charge is 0.671 e. The Hall–Kier alpha value is 0.195. The molecule has 4 heteroatoms. The van der Waals surface area contributed by atoms with E-state index in [4.69, 9.17) is 5.73 Å². The summed E-state index contributed by atoms with van der Waals surface area (Å²) in [6.07, 6.45) is 3.61. The summed E-state index contributed by atoms with van der Waals surface area (Å²) in [7, 11) is 0. The zero-order chi connectivity index (χ0) is 9.97. The number of aromatic nitrogens is 2. The van der Waals surface area contributed by atoms with Crippen molar-refractivity contribution in [3.05, 3.63) is 53.8 Å². The number of nitrogens with zero attached hydrogens (tertiary/aromatic N) is 2. The van der Waals surface area contributed by atoms with E-state index in [0.29, 0.717) is 0 Å². The minimum Gasteiger partial charge on any atom is -0.671 e. The molecule has 2 rings (SSSR count). The van der Waals surface area contributed by atoms with Crippen molar-refractivity contribution in [3.63, 3.8) is 0 Å². The Morgan fingerprint density at radius 1 is 1.27 bits per heavy atom. The van der Waals surface area contributed by atoms with Crippen LogP contribution in [-0.4, -0.2) is 9.55 Å². The molecule has 0 aliphatic heterocycles. The molecule has 0 spiro atoms. The molecule has 1 N–H and O–H groups in total. The third-order valence-electron chi connectivity index (χ3n) is 2.19. The van der Waals surface area contributed by atoms with Crippen LogP contribution in [0.3, 0.4) is 0 Å². The molecule has 0 radical (unpaired) electrons. The van der Waals surface area contributed by atoms with Gasteiger partial charge >= 0.3 is 58.2 Å². The van der Waals surface area contributed by atoms with Gasteiger partial charge in [-0.1, -0.05) is 24.2 Å². The molecule has 72 valence electrons. The fourth-order valence-electron chi connectivity index (χ4n) is 1.41. The van der Waals surface area contributed by atoms with Crippen LogP contribution >= 0.6 is 0 Å². The van der Waals surface area contributed by atoms with E-state index in [0.717, 1.165) is 11.5 Å². The van der Waals surface area contributed by atoms with Gasteiger partial charge in [0.15, 0.2) is 0 Å². The van der Waals surface area contributed by atoms with E-state index in [9.17, 15) is 0 Å². The maximum Gasteiger partial charge on any atom is 1.00 e. The molecule has 15 heavy (non-hydrogen) atoms. The minimum absolute atomic E-state index is 0. The summed E-state index contributed by atoms with van der Waals surface area (Å²) in [5.74, 6) is 0.772. The number of imidazole rings is 1. The molecule has 1 aromatic heterocycles. The maximum atomic E-state index is 7.31. The molecule has 1 aromatic carbocycles. The summed E-state index contributed by atoms with van der Waals surface area (Å²) < 4.78 is 1.94. The molecule has 0 unspecified atom stereocenters. The number of rotatable bonds is 2. The van der Waals surface area contributed by atoms with Crippen molar-refractivity contribution in [2.75, 3.05) is 0 Å². The second-order valence-electron chi connectivity index (χ2n) is 3.23. The summed E-state index contributed by atoms with van der Waals surface area (Å²) >= 11 is 0. The number of aryl methyl sites for hydroxylation is 1. The molecule has 0 aliphatic carbocycles. The number of hydrogen-bond donors (Lipinski definition) is 0. The topological polar surface area (TPSA) is 41.6 Å². The van der Waals surface area contributed by atoms with Crippen LogP contribution < -0.4 is 58.2 Å². The first-order valence-electron chi connectivity index (χ1n) is 4.55. The third kappa shape index (κ3) is 3.08. The molecule has 0 bridgehead atoms. The number of nitrogens with one attached hydrogen (secondary N) is 1. The van der Waals surface area contributed by atoms with E-state index < -0.39 is 0 Å². The van der Waals surface area contributed by atoms with Gasteiger partial charge in [0.25, 0.3) is 0 Å². The monoisotopic (exact) mass is 271 g/mol. The van der Waals surface area contributed by atoms with E-state index in [1.807, 2.05) is 22.9 Å². The second-order valence-corrected chi connectivity index (χ2v) is 3.23. The minimum atomic E-state index is 0. The van der Waals surface area contributed by atoms with Crippen molar-refractivity contribution in [2.24, 2.45) is 0 Å². The van der Waals surface area contributed by atoms with Gasteiger partial charge in [-0.25, -0.2) is 4.98 Å². The van der Waals surface area contributed by atoms with E-state index in [1.54, 1.807) is 6.20 Å². The Balaban J connectivity index is 0.00000112. The van der Waals surface area contributed by atoms with Gasteiger partial charge in [-0.05, 0) is 19.1 Å².